The summed E-state index contributed by atoms with van der Waals surface area (Å²) in [6.45, 7) is 0. The van der Waals surface area contributed by atoms with Crippen LogP contribution < -0.4 is 10.7 Å². The van der Waals surface area contributed by atoms with Gasteiger partial charge in [-0.15, -0.1) is 0 Å². The number of carboxylic acid groups (broad SMARTS) is 1. The third-order valence-electron chi connectivity index (χ3n) is 2.87. The van der Waals surface area contributed by atoms with Crippen molar-refractivity contribution in [2.24, 2.45) is 0 Å². The highest BCUT2D eigenvalue weighted by Gasteiger charge is 2.15. The summed E-state index contributed by atoms with van der Waals surface area (Å²) in [5.74, 6) is -0.916. The first kappa shape index (κ1) is 9.96. The van der Waals surface area contributed by atoms with Crippen LogP contribution in [0.1, 0.15) is 17.8 Å². The van der Waals surface area contributed by atoms with Crippen LogP contribution in [0, 0.1) is 0 Å². The second kappa shape index (κ2) is 3.66. The molecular weight excluding hydrogens is 216 g/mol. The van der Waals surface area contributed by atoms with Gasteiger partial charge < -0.3 is 5.11 Å². The fraction of sp³-hybridized carbons (Fsp3) is 0.154. The average Bonchev–Trinajstić information content (AvgIpc) is 2.35. The first-order valence-corrected chi connectivity index (χ1v) is 5.42. The summed E-state index contributed by atoms with van der Waals surface area (Å²) >= 11 is 0. The van der Waals surface area contributed by atoms with Gasteiger partial charge in [-0.1, -0.05) is 18.2 Å². The lowest BCUT2D eigenvalue weighted by Gasteiger charge is -2.09. The lowest BCUT2D eigenvalue weighted by atomic mass is 10.1. The molecule has 1 N–H and O–H groups in total. The Labute approximate surface area is 97.3 Å². The van der Waals surface area contributed by atoms with E-state index in [0.717, 1.165) is 11.0 Å². The number of carboxylic acids is 1. The lowest BCUT2D eigenvalue weighted by molar-refractivity contribution is -0.130. The minimum atomic E-state index is -0.916. The predicted octanol–water partition coefficient (Wildman–Crippen LogP) is 0.0216. The Bertz CT molecular complexity index is 684. The number of rotatable bonds is 1. The van der Waals surface area contributed by atoms with Crippen LogP contribution in [0.2, 0.25) is 0 Å². The molecule has 1 aromatic heterocycles. The molecule has 1 heterocycles. The summed E-state index contributed by atoms with van der Waals surface area (Å²) in [6, 6.07) is 0. The van der Waals surface area contributed by atoms with Gasteiger partial charge in [0.25, 0.3) is 0 Å². The molecule has 0 bridgehead atoms. The molecule has 2 aliphatic rings. The molecule has 4 nitrogen and oxygen atoms in total. The van der Waals surface area contributed by atoms with Crippen LogP contribution in [0.25, 0.3) is 17.7 Å². The molecule has 0 radical (unpaired) electrons. The molecule has 2 aliphatic carbocycles. The van der Waals surface area contributed by atoms with Crippen molar-refractivity contribution in [3.63, 3.8) is 0 Å². The van der Waals surface area contributed by atoms with Crippen molar-refractivity contribution in [3.05, 3.63) is 40.3 Å². The summed E-state index contributed by atoms with van der Waals surface area (Å²) < 4.78 is 0. The van der Waals surface area contributed by atoms with E-state index in [2.05, 4.69) is 9.97 Å². The number of aliphatic carboxylic acids is 1. The summed E-state index contributed by atoms with van der Waals surface area (Å²) in [4.78, 5) is 20.0. The molecular formula is C13H10N2O2. The van der Waals surface area contributed by atoms with Crippen LogP contribution >= 0.6 is 0 Å². The van der Waals surface area contributed by atoms with Crippen molar-refractivity contribution < 1.29 is 9.90 Å². The molecule has 0 amide bonds. The van der Waals surface area contributed by atoms with Gasteiger partial charge in [0.05, 0.1) is 27.7 Å². The second-order valence-corrected chi connectivity index (χ2v) is 3.98. The van der Waals surface area contributed by atoms with Crippen LogP contribution in [0.4, 0.5) is 0 Å². The molecule has 0 spiro atoms. The monoisotopic (exact) mass is 226 g/mol. The van der Waals surface area contributed by atoms with E-state index in [1.54, 1.807) is 0 Å². The zero-order valence-corrected chi connectivity index (χ0v) is 9.05. The number of hydrogen-bond donors (Lipinski definition) is 1. The summed E-state index contributed by atoms with van der Waals surface area (Å²) in [6.07, 6.45) is 10.6. The fourth-order valence-corrected chi connectivity index (χ4v) is 2.03. The standard InChI is InChI=1S/C13H10N2O2/c16-13(17)8-4-3-7-11-12(8)15-10-6-2-1-5-9(10)14-11/h1-3,5,7H,4,6H2,(H,16,17). The molecule has 1 aromatic rings. The number of fused-ring (bicyclic) bond motifs is 2. The smallest absolute Gasteiger partial charge is 0.334 e. The maximum atomic E-state index is 11.1. The Kier molecular flexibility index (Phi) is 2.14. The highest BCUT2D eigenvalue weighted by atomic mass is 16.4. The van der Waals surface area contributed by atoms with Crippen LogP contribution in [0.5, 0.6) is 0 Å². The predicted molar refractivity (Wildman–Crippen MR) is 63.3 cm³/mol. The van der Waals surface area contributed by atoms with E-state index in [9.17, 15) is 4.79 Å². The van der Waals surface area contributed by atoms with Gasteiger partial charge in [-0.25, -0.2) is 14.8 Å². The zero-order valence-electron chi connectivity index (χ0n) is 9.05. The van der Waals surface area contributed by atoms with Gasteiger partial charge in [-0.3, -0.25) is 0 Å². The zero-order chi connectivity index (χ0) is 11.8. The van der Waals surface area contributed by atoms with Crippen LogP contribution in [0.15, 0.2) is 18.2 Å². The average molecular weight is 226 g/mol. The van der Waals surface area contributed by atoms with Gasteiger partial charge in [0.15, 0.2) is 0 Å². The van der Waals surface area contributed by atoms with E-state index in [1.807, 2.05) is 30.4 Å². The van der Waals surface area contributed by atoms with Crippen molar-refractivity contribution in [2.75, 3.05) is 0 Å². The first-order valence-electron chi connectivity index (χ1n) is 5.42. The third kappa shape index (κ3) is 1.58. The van der Waals surface area contributed by atoms with Crippen molar-refractivity contribution >= 4 is 23.7 Å². The Hall–Kier alpha value is -2.23. The first-order chi connectivity index (χ1) is 8.25. The van der Waals surface area contributed by atoms with Crippen molar-refractivity contribution in [1.82, 2.24) is 9.97 Å². The van der Waals surface area contributed by atoms with Crippen LogP contribution in [0.3, 0.4) is 0 Å². The lowest BCUT2D eigenvalue weighted by Crippen LogP contribution is -2.32. The Morgan fingerprint density at radius 3 is 2.94 bits per heavy atom. The minimum Gasteiger partial charge on any atom is -0.478 e. The van der Waals surface area contributed by atoms with Crippen LogP contribution in [-0.2, 0) is 11.2 Å². The molecule has 0 aliphatic heterocycles. The minimum absolute atomic E-state index is 0.326. The quantitative estimate of drug-likeness (QED) is 0.733. The number of nitrogens with zero attached hydrogens (tertiary/aromatic N) is 2. The summed E-state index contributed by atoms with van der Waals surface area (Å²) in [7, 11) is 0. The van der Waals surface area contributed by atoms with E-state index in [1.165, 1.54) is 0 Å². The molecule has 0 unspecified atom stereocenters. The Morgan fingerprint density at radius 2 is 2.12 bits per heavy atom. The Balaban J connectivity index is 2.38. The van der Waals surface area contributed by atoms with E-state index in [4.69, 9.17) is 5.11 Å². The number of hydrogen-bond acceptors (Lipinski definition) is 3. The molecule has 0 saturated carbocycles. The number of carbonyl (C=O) groups is 1. The van der Waals surface area contributed by atoms with Gasteiger partial charge in [0.2, 0.25) is 0 Å². The molecule has 0 fully saturated rings. The molecule has 3 rings (SSSR count). The summed E-state index contributed by atoms with van der Waals surface area (Å²) in [5.41, 5.74) is 1.83. The summed E-state index contributed by atoms with van der Waals surface area (Å²) in [5, 5.41) is 10.5. The van der Waals surface area contributed by atoms with Crippen molar-refractivity contribution in [3.8, 4) is 0 Å². The van der Waals surface area contributed by atoms with E-state index in [0.29, 0.717) is 29.5 Å². The second-order valence-electron chi connectivity index (χ2n) is 3.98. The van der Waals surface area contributed by atoms with Gasteiger partial charge in [-0.2, -0.15) is 0 Å². The number of aromatic nitrogens is 2. The molecule has 84 valence electrons. The number of allylic oxidation sites excluding steroid dienone is 3. The van der Waals surface area contributed by atoms with E-state index in [-0.39, 0.29) is 0 Å². The fourth-order valence-electron chi connectivity index (χ4n) is 2.03. The van der Waals surface area contributed by atoms with E-state index >= 15 is 0 Å². The molecule has 0 aromatic carbocycles. The molecule has 4 heteroatoms. The molecule has 0 atom stereocenters. The largest absolute Gasteiger partial charge is 0.478 e. The Morgan fingerprint density at radius 1 is 1.24 bits per heavy atom. The van der Waals surface area contributed by atoms with E-state index < -0.39 is 5.97 Å². The maximum absolute atomic E-state index is 11.1. The van der Waals surface area contributed by atoms with Crippen molar-refractivity contribution in [1.29, 1.82) is 0 Å². The topological polar surface area (TPSA) is 63.1 Å². The SMILES string of the molecule is O=C(O)C1=c2nc3c(nc2C=CC1)=CC=CC3. The normalized spacial score (nSPS) is 16.1. The molecule has 0 saturated heterocycles. The van der Waals surface area contributed by atoms with Crippen LogP contribution in [-0.4, -0.2) is 21.0 Å². The van der Waals surface area contributed by atoms with Gasteiger partial charge in [0, 0.05) is 12.8 Å². The van der Waals surface area contributed by atoms with Gasteiger partial charge >= 0.3 is 5.97 Å². The highest BCUT2D eigenvalue weighted by molar-refractivity contribution is 6.09. The van der Waals surface area contributed by atoms with Gasteiger partial charge in [0.1, 0.15) is 0 Å². The third-order valence-corrected chi connectivity index (χ3v) is 2.87. The van der Waals surface area contributed by atoms with Gasteiger partial charge in [-0.05, 0) is 12.2 Å². The maximum Gasteiger partial charge on any atom is 0.334 e. The van der Waals surface area contributed by atoms with Crippen molar-refractivity contribution in [2.45, 2.75) is 12.8 Å². The highest BCUT2D eigenvalue weighted by Crippen LogP contribution is 2.09. The molecule has 17 heavy (non-hydrogen) atoms.